The Morgan fingerprint density at radius 1 is 1.29 bits per heavy atom. The van der Waals surface area contributed by atoms with E-state index in [1.54, 1.807) is 6.07 Å². The predicted octanol–water partition coefficient (Wildman–Crippen LogP) is 1.80. The van der Waals surface area contributed by atoms with Crippen molar-refractivity contribution in [2.45, 2.75) is 44.6 Å². The molecule has 0 bridgehead atoms. The molecule has 0 radical (unpaired) electrons. The Bertz CT molecular complexity index is 882. The highest BCUT2D eigenvalue weighted by atomic mass is 32.2. The average Bonchev–Trinajstić information content (AvgIpc) is 2.85. The first-order chi connectivity index (χ1) is 11.3. The smallest absolute Gasteiger partial charge is 0.274 e. The molecule has 1 aromatic heterocycles. The maximum Gasteiger partial charge on any atom is 0.274 e. The van der Waals surface area contributed by atoms with Crippen molar-refractivity contribution in [1.29, 1.82) is 0 Å². The Morgan fingerprint density at radius 2 is 2.04 bits per heavy atom. The van der Waals surface area contributed by atoms with Crippen molar-refractivity contribution in [2.24, 2.45) is 0 Å². The third kappa shape index (κ3) is 3.01. The highest BCUT2D eigenvalue weighted by Crippen LogP contribution is 2.28. The van der Waals surface area contributed by atoms with Crippen LogP contribution in [0.2, 0.25) is 0 Å². The highest BCUT2D eigenvalue weighted by molar-refractivity contribution is 7.90. The molecule has 1 unspecified atom stereocenters. The van der Waals surface area contributed by atoms with Gasteiger partial charge in [0.1, 0.15) is 11.4 Å². The van der Waals surface area contributed by atoms with Gasteiger partial charge in [0, 0.05) is 0 Å². The molecule has 0 saturated heterocycles. The topological polar surface area (TPSA) is 98.5 Å². The molecular formula is C16H18N2O5S. The molecule has 2 aromatic rings. The lowest BCUT2D eigenvalue weighted by Gasteiger charge is -2.25. The van der Waals surface area contributed by atoms with Crippen molar-refractivity contribution in [3.05, 3.63) is 40.8 Å². The van der Waals surface area contributed by atoms with E-state index in [-0.39, 0.29) is 16.3 Å². The summed E-state index contributed by atoms with van der Waals surface area (Å²) in [6.45, 7) is 4.97. The first kappa shape index (κ1) is 16.5. The molecule has 1 atom stereocenters. The van der Waals surface area contributed by atoms with E-state index in [2.05, 4.69) is 9.88 Å². The fraction of sp³-hybridized carbons (Fsp3) is 0.375. The standard InChI is InChI=1S/C16H18N2O5S/c1-9-4-6-13-12(8-9)5-7-14(22-13)16(19)18-24(20,21)15-10(2)17-23-11(15)3/h4,6,8,14H,5,7H2,1-3H3,(H,18,19). The molecule has 1 aromatic carbocycles. The summed E-state index contributed by atoms with van der Waals surface area (Å²) >= 11 is 0. The molecule has 1 amide bonds. The molecule has 1 aliphatic rings. The number of sulfonamides is 1. The molecule has 0 aliphatic carbocycles. The van der Waals surface area contributed by atoms with E-state index in [4.69, 9.17) is 9.26 Å². The molecular weight excluding hydrogens is 332 g/mol. The number of aromatic nitrogens is 1. The minimum Gasteiger partial charge on any atom is -0.480 e. The number of carbonyl (C=O) groups is 1. The second-order valence-electron chi connectivity index (χ2n) is 5.88. The maximum absolute atomic E-state index is 12.4. The number of hydrogen-bond donors (Lipinski definition) is 1. The molecule has 0 fully saturated rings. The minimum absolute atomic E-state index is 0.109. The van der Waals surface area contributed by atoms with Crippen molar-refractivity contribution < 1.29 is 22.5 Å². The SMILES string of the molecule is Cc1ccc2c(c1)CCC(C(=O)NS(=O)(=O)c1c(C)noc1C)O2. The van der Waals surface area contributed by atoms with Crippen molar-refractivity contribution in [3.63, 3.8) is 0 Å². The summed E-state index contributed by atoms with van der Waals surface area (Å²) in [6, 6.07) is 5.69. The van der Waals surface area contributed by atoms with Gasteiger partial charge in [0.2, 0.25) is 0 Å². The number of benzene rings is 1. The molecule has 7 nitrogen and oxygen atoms in total. The fourth-order valence-electron chi connectivity index (χ4n) is 2.81. The molecule has 8 heteroatoms. The van der Waals surface area contributed by atoms with E-state index in [0.29, 0.717) is 18.6 Å². The van der Waals surface area contributed by atoms with Crippen LogP contribution in [0, 0.1) is 20.8 Å². The summed E-state index contributed by atoms with van der Waals surface area (Å²) in [5.74, 6) is 0.0566. The second-order valence-corrected chi connectivity index (χ2v) is 7.50. The van der Waals surface area contributed by atoms with Gasteiger partial charge >= 0.3 is 0 Å². The number of hydrogen-bond acceptors (Lipinski definition) is 6. The maximum atomic E-state index is 12.4. The Morgan fingerprint density at radius 3 is 2.71 bits per heavy atom. The molecule has 24 heavy (non-hydrogen) atoms. The van der Waals surface area contributed by atoms with Gasteiger partial charge in [-0.15, -0.1) is 0 Å². The number of ether oxygens (including phenoxy) is 1. The van der Waals surface area contributed by atoms with Crippen LogP contribution in [0.4, 0.5) is 0 Å². The summed E-state index contributed by atoms with van der Waals surface area (Å²) in [5, 5.41) is 3.60. The van der Waals surface area contributed by atoms with E-state index in [1.807, 2.05) is 19.1 Å². The highest BCUT2D eigenvalue weighted by Gasteiger charge is 2.32. The van der Waals surface area contributed by atoms with Crippen LogP contribution in [0.3, 0.4) is 0 Å². The van der Waals surface area contributed by atoms with Gasteiger partial charge < -0.3 is 9.26 Å². The zero-order chi connectivity index (χ0) is 17.5. The molecule has 1 aliphatic heterocycles. The third-order valence-corrected chi connectivity index (χ3v) is 5.52. The summed E-state index contributed by atoms with van der Waals surface area (Å²) in [4.78, 5) is 12.2. The van der Waals surface area contributed by atoms with Crippen LogP contribution >= 0.6 is 0 Å². The lowest BCUT2D eigenvalue weighted by Crippen LogP contribution is -2.43. The minimum atomic E-state index is -4.05. The number of carbonyl (C=O) groups excluding carboxylic acids is 1. The zero-order valence-corrected chi connectivity index (χ0v) is 14.4. The van der Waals surface area contributed by atoms with Gasteiger partial charge in [-0.25, -0.2) is 13.1 Å². The van der Waals surface area contributed by atoms with Crippen LogP contribution in [0.1, 0.15) is 29.0 Å². The first-order valence-electron chi connectivity index (χ1n) is 7.53. The van der Waals surface area contributed by atoms with Crippen LogP contribution in [-0.2, 0) is 21.2 Å². The van der Waals surface area contributed by atoms with E-state index < -0.39 is 22.0 Å². The van der Waals surface area contributed by atoms with Gasteiger partial charge in [-0.05, 0) is 45.2 Å². The van der Waals surface area contributed by atoms with Gasteiger partial charge in [0.05, 0.1) is 0 Å². The largest absolute Gasteiger partial charge is 0.480 e. The summed E-state index contributed by atoms with van der Waals surface area (Å²) in [5.41, 5.74) is 2.34. The second kappa shape index (κ2) is 5.94. The van der Waals surface area contributed by atoms with E-state index in [0.717, 1.165) is 11.1 Å². The van der Waals surface area contributed by atoms with Gasteiger partial charge in [0.25, 0.3) is 15.9 Å². The van der Waals surface area contributed by atoms with Crippen molar-refractivity contribution in [1.82, 2.24) is 9.88 Å². The zero-order valence-electron chi connectivity index (χ0n) is 13.6. The normalized spacial score (nSPS) is 17.0. The Hall–Kier alpha value is -2.35. The van der Waals surface area contributed by atoms with Crippen molar-refractivity contribution in [2.75, 3.05) is 0 Å². The fourth-order valence-corrected chi connectivity index (χ4v) is 4.15. The lowest BCUT2D eigenvalue weighted by atomic mass is 10.0. The quantitative estimate of drug-likeness (QED) is 0.906. The number of fused-ring (bicyclic) bond motifs is 1. The van der Waals surface area contributed by atoms with E-state index in [9.17, 15) is 13.2 Å². The van der Waals surface area contributed by atoms with Crippen LogP contribution in [0.25, 0.3) is 0 Å². The van der Waals surface area contributed by atoms with Crippen LogP contribution in [0.15, 0.2) is 27.6 Å². The number of aryl methyl sites for hydroxylation is 4. The predicted molar refractivity (Wildman–Crippen MR) is 85.2 cm³/mol. The van der Waals surface area contributed by atoms with Crippen LogP contribution < -0.4 is 9.46 Å². The van der Waals surface area contributed by atoms with Crippen LogP contribution in [-0.4, -0.2) is 25.6 Å². The Balaban J connectivity index is 1.78. The number of rotatable bonds is 3. The van der Waals surface area contributed by atoms with Crippen LogP contribution in [0.5, 0.6) is 5.75 Å². The Labute approximate surface area is 140 Å². The third-order valence-electron chi connectivity index (χ3n) is 3.93. The Kier molecular flexibility index (Phi) is 4.08. The lowest BCUT2D eigenvalue weighted by molar-refractivity contribution is -0.126. The van der Waals surface area contributed by atoms with Gasteiger partial charge in [-0.1, -0.05) is 22.9 Å². The first-order valence-corrected chi connectivity index (χ1v) is 9.02. The summed E-state index contributed by atoms with van der Waals surface area (Å²) < 4.78 is 37.4. The van der Waals surface area contributed by atoms with Gasteiger partial charge in [-0.2, -0.15) is 0 Å². The van der Waals surface area contributed by atoms with Crippen molar-refractivity contribution in [3.8, 4) is 5.75 Å². The number of amides is 1. The van der Waals surface area contributed by atoms with Gasteiger partial charge in [0.15, 0.2) is 16.8 Å². The summed E-state index contributed by atoms with van der Waals surface area (Å²) in [7, 11) is -4.05. The number of nitrogens with one attached hydrogen (secondary N) is 1. The van der Waals surface area contributed by atoms with E-state index >= 15 is 0 Å². The molecule has 128 valence electrons. The van der Waals surface area contributed by atoms with Gasteiger partial charge in [-0.3, -0.25) is 4.79 Å². The van der Waals surface area contributed by atoms with Crippen molar-refractivity contribution >= 4 is 15.9 Å². The monoisotopic (exact) mass is 350 g/mol. The molecule has 0 saturated carbocycles. The summed E-state index contributed by atoms with van der Waals surface area (Å²) in [6.07, 6.45) is 0.218. The molecule has 3 rings (SSSR count). The van der Waals surface area contributed by atoms with E-state index in [1.165, 1.54) is 13.8 Å². The molecule has 0 spiro atoms. The molecule has 1 N–H and O–H groups in total. The number of nitrogens with zero attached hydrogens (tertiary/aromatic N) is 1. The average molecular weight is 350 g/mol. The molecule has 2 heterocycles.